The maximum atomic E-state index is 3.62. The molecule has 1 aromatic heterocycles. The highest BCUT2D eigenvalue weighted by molar-refractivity contribution is 7.12. The van der Waals surface area contributed by atoms with Crippen molar-refractivity contribution < 1.29 is 0 Å². The maximum absolute atomic E-state index is 3.62. The van der Waals surface area contributed by atoms with Gasteiger partial charge in [-0.25, -0.2) is 0 Å². The lowest BCUT2D eigenvalue weighted by Crippen LogP contribution is -2.45. The first kappa shape index (κ1) is 14.5. The lowest BCUT2D eigenvalue weighted by molar-refractivity contribution is 0.132. The van der Waals surface area contributed by atoms with E-state index in [0.29, 0.717) is 0 Å². The van der Waals surface area contributed by atoms with Gasteiger partial charge in [0.1, 0.15) is 0 Å². The minimum Gasteiger partial charge on any atom is -0.309 e. The largest absolute Gasteiger partial charge is 0.309 e. The molecule has 1 N–H and O–H groups in total. The summed E-state index contributed by atoms with van der Waals surface area (Å²) in [5, 5.41) is 3.62. The highest BCUT2D eigenvalue weighted by atomic mass is 32.1. The molecule has 1 aromatic rings. The highest BCUT2D eigenvalue weighted by Crippen LogP contribution is 2.25. The third-order valence-electron chi connectivity index (χ3n) is 4.52. The zero-order chi connectivity index (χ0) is 13.9. The van der Waals surface area contributed by atoms with Crippen LogP contribution in [-0.4, -0.2) is 48.6 Å². The number of hydrogen-bond donors (Lipinski definition) is 1. The van der Waals surface area contributed by atoms with E-state index in [1.807, 2.05) is 11.3 Å². The van der Waals surface area contributed by atoms with Gasteiger partial charge in [-0.3, -0.25) is 4.90 Å². The first-order chi connectivity index (χ1) is 9.74. The molecule has 1 saturated heterocycles. The lowest BCUT2D eigenvalue weighted by atomic mass is 10.2. The second kappa shape index (κ2) is 6.56. The van der Waals surface area contributed by atoms with E-state index in [-0.39, 0.29) is 0 Å². The Hall–Kier alpha value is -0.420. The van der Waals surface area contributed by atoms with Gasteiger partial charge in [0, 0.05) is 55.1 Å². The molecule has 0 bridgehead atoms. The van der Waals surface area contributed by atoms with Crippen LogP contribution in [0.5, 0.6) is 0 Å². The van der Waals surface area contributed by atoms with Gasteiger partial charge in [-0.1, -0.05) is 6.92 Å². The fraction of sp³-hybridized carbons (Fsp3) is 0.750. The first-order valence-corrected chi connectivity index (χ1v) is 8.82. The van der Waals surface area contributed by atoms with Crippen LogP contribution in [0.25, 0.3) is 0 Å². The molecule has 3 rings (SSSR count). The van der Waals surface area contributed by atoms with E-state index >= 15 is 0 Å². The predicted octanol–water partition coefficient (Wildman–Crippen LogP) is 2.45. The molecule has 20 heavy (non-hydrogen) atoms. The quantitative estimate of drug-likeness (QED) is 0.869. The molecule has 0 aromatic carbocycles. The number of rotatable bonds is 6. The molecule has 1 aliphatic heterocycles. The highest BCUT2D eigenvalue weighted by Gasteiger charge is 2.21. The summed E-state index contributed by atoms with van der Waals surface area (Å²) in [6.07, 6.45) is 2.75. The van der Waals surface area contributed by atoms with Gasteiger partial charge in [0.05, 0.1) is 0 Å². The molecule has 2 aliphatic rings. The van der Waals surface area contributed by atoms with Gasteiger partial charge < -0.3 is 10.2 Å². The van der Waals surface area contributed by atoms with Crippen LogP contribution >= 0.6 is 11.3 Å². The third kappa shape index (κ3) is 3.82. The summed E-state index contributed by atoms with van der Waals surface area (Å²) in [6, 6.07) is 3.24. The number of nitrogens with one attached hydrogen (secondary N) is 1. The van der Waals surface area contributed by atoms with Crippen LogP contribution in [0.15, 0.2) is 6.07 Å². The summed E-state index contributed by atoms with van der Waals surface area (Å²) >= 11 is 1.98. The SMILES string of the molecule is CCN1CCN(Cc2cc(CNC3CC3)sc2C)CC1. The standard InChI is InChI=1S/C16H27N3S/c1-3-18-6-8-19(9-7-18)12-14-10-16(20-13(14)2)11-17-15-4-5-15/h10,15,17H,3-9,11-12H2,1-2H3. The van der Waals surface area contributed by atoms with E-state index in [0.717, 1.165) is 19.1 Å². The number of nitrogens with zero attached hydrogens (tertiary/aromatic N) is 2. The second-order valence-electron chi connectivity index (χ2n) is 6.16. The molecule has 0 atom stereocenters. The molecule has 4 heteroatoms. The van der Waals surface area contributed by atoms with Crippen LogP contribution in [0.2, 0.25) is 0 Å². The molecule has 112 valence electrons. The summed E-state index contributed by atoms with van der Waals surface area (Å²) in [5.41, 5.74) is 1.55. The van der Waals surface area contributed by atoms with Crippen molar-refractivity contribution >= 4 is 11.3 Å². The van der Waals surface area contributed by atoms with Crippen molar-refractivity contribution in [3.63, 3.8) is 0 Å². The predicted molar refractivity (Wildman–Crippen MR) is 86.3 cm³/mol. The average Bonchev–Trinajstić information content (AvgIpc) is 3.23. The molecule has 1 aliphatic carbocycles. The van der Waals surface area contributed by atoms with Crippen LogP contribution in [0, 0.1) is 6.92 Å². The minimum absolute atomic E-state index is 0.808. The number of thiophene rings is 1. The Kier molecular flexibility index (Phi) is 4.76. The van der Waals surface area contributed by atoms with Crippen molar-refractivity contribution in [2.75, 3.05) is 32.7 Å². The van der Waals surface area contributed by atoms with Crippen molar-refractivity contribution in [3.8, 4) is 0 Å². The molecule has 0 unspecified atom stereocenters. The Morgan fingerprint density at radius 2 is 1.90 bits per heavy atom. The topological polar surface area (TPSA) is 18.5 Å². The van der Waals surface area contributed by atoms with Crippen molar-refractivity contribution in [1.29, 1.82) is 0 Å². The Balaban J connectivity index is 1.51. The van der Waals surface area contributed by atoms with Gasteiger partial charge in [-0.15, -0.1) is 11.3 Å². The normalized spacial score (nSPS) is 21.5. The fourth-order valence-electron chi connectivity index (χ4n) is 2.87. The van der Waals surface area contributed by atoms with Crippen molar-refractivity contribution in [2.24, 2.45) is 0 Å². The van der Waals surface area contributed by atoms with Gasteiger partial charge in [-0.05, 0) is 37.9 Å². The molecule has 2 fully saturated rings. The number of likely N-dealkylation sites (N-methyl/N-ethyl adjacent to an activating group) is 1. The van der Waals surface area contributed by atoms with E-state index in [2.05, 4.69) is 35.0 Å². The van der Waals surface area contributed by atoms with Gasteiger partial charge in [0.15, 0.2) is 0 Å². The van der Waals surface area contributed by atoms with Crippen LogP contribution in [0.3, 0.4) is 0 Å². The van der Waals surface area contributed by atoms with Gasteiger partial charge >= 0.3 is 0 Å². The third-order valence-corrected chi connectivity index (χ3v) is 5.61. The van der Waals surface area contributed by atoms with Crippen molar-refractivity contribution in [3.05, 3.63) is 21.4 Å². The summed E-state index contributed by atoms with van der Waals surface area (Å²) in [6.45, 7) is 12.9. The van der Waals surface area contributed by atoms with E-state index in [1.54, 1.807) is 5.56 Å². The number of aryl methyl sites for hydroxylation is 1. The van der Waals surface area contributed by atoms with E-state index in [1.165, 1.54) is 55.3 Å². The first-order valence-electron chi connectivity index (χ1n) is 8.01. The maximum Gasteiger partial charge on any atom is 0.0302 e. The Labute approximate surface area is 127 Å². The van der Waals surface area contributed by atoms with Crippen LogP contribution < -0.4 is 5.32 Å². The molecule has 2 heterocycles. The van der Waals surface area contributed by atoms with Crippen LogP contribution in [0.4, 0.5) is 0 Å². The summed E-state index contributed by atoms with van der Waals surface area (Å²) in [5.74, 6) is 0. The smallest absolute Gasteiger partial charge is 0.0302 e. The average molecular weight is 293 g/mol. The Morgan fingerprint density at radius 1 is 1.20 bits per heavy atom. The van der Waals surface area contributed by atoms with Crippen LogP contribution in [0.1, 0.15) is 35.1 Å². The summed E-state index contributed by atoms with van der Waals surface area (Å²) in [4.78, 5) is 8.17. The Bertz CT molecular complexity index is 431. The number of piperazine rings is 1. The Morgan fingerprint density at radius 3 is 2.55 bits per heavy atom. The zero-order valence-electron chi connectivity index (χ0n) is 12.8. The molecular weight excluding hydrogens is 266 g/mol. The molecule has 0 spiro atoms. The molecule has 3 nitrogen and oxygen atoms in total. The zero-order valence-corrected chi connectivity index (χ0v) is 13.6. The van der Waals surface area contributed by atoms with E-state index in [4.69, 9.17) is 0 Å². The second-order valence-corrected chi connectivity index (χ2v) is 7.50. The van der Waals surface area contributed by atoms with E-state index < -0.39 is 0 Å². The minimum atomic E-state index is 0.808. The monoisotopic (exact) mass is 293 g/mol. The van der Waals surface area contributed by atoms with Crippen molar-refractivity contribution in [2.45, 2.75) is 45.8 Å². The van der Waals surface area contributed by atoms with E-state index in [9.17, 15) is 0 Å². The molecule has 0 radical (unpaired) electrons. The van der Waals surface area contributed by atoms with Gasteiger partial charge in [0.2, 0.25) is 0 Å². The molecular formula is C16H27N3S. The van der Waals surface area contributed by atoms with Crippen LogP contribution in [-0.2, 0) is 13.1 Å². The van der Waals surface area contributed by atoms with Gasteiger partial charge in [0.25, 0.3) is 0 Å². The van der Waals surface area contributed by atoms with Crippen molar-refractivity contribution in [1.82, 2.24) is 15.1 Å². The molecule has 0 amide bonds. The fourth-order valence-corrected chi connectivity index (χ4v) is 3.87. The summed E-state index contributed by atoms with van der Waals surface area (Å²) < 4.78 is 0. The van der Waals surface area contributed by atoms with Gasteiger partial charge in [-0.2, -0.15) is 0 Å². The molecule has 1 saturated carbocycles. The number of hydrogen-bond acceptors (Lipinski definition) is 4. The lowest BCUT2D eigenvalue weighted by Gasteiger charge is -2.33. The summed E-state index contributed by atoms with van der Waals surface area (Å²) in [7, 11) is 0.